The summed E-state index contributed by atoms with van der Waals surface area (Å²) in [4.78, 5) is 30.5. The maximum Gasteiger partial charge on any atom is 0.247 e. The quantitative estimate of drug-likeness (QED) is 0.188. The average molecular weight is 664 g/mol. The van der Waals surface area contributed by atoms with Crippen LogP contribution in [-0.4, -0.2) is 92.2 Å². The normalized spacial score (nSPS) is 21.9. The Morgan fingerprint density at radius 1 is 1.08 bits per heavy atom. The number of carbonyl (C=O) groups is 1. The number of piperazine rings is 1. The van der Waals surface area contributed by atoms with Crippen LogP contribution in [0.25, 0.3) is 0 Å². The minimum atomic E-state index is -0.633. The largest absolute Gasteiger partial charge is 0.494 e. The number of methoxy groups -OCH3 is 1. The van der Waals surface area contributed by atoms with Gasteiger partial charge in [-0.05, 0) is 56.7 Å². The molecule has 4 aliphatic rings. The Bertz CT molecular complexity index is 1550. The van der Waals surface area contributed by atoms with Crippen LogP contribution in [0.2, 0.25) is 0 Å². The number of benzene rings is 2. The maximum atomic E-state index is 14.6. The molecule has 1 aliphatic carbocycles. The molecule has 3 saturated heterocycles. The number of nitrogens with two attached hydrogens (primary N) is 1. The highest BCUT2D eigenvalue weighted by atomic mass is 19.1. The SMILES string of the molecule is C=CC(=O)Nc1cc(N=C(N)/C=C(\C)N2OCC[C@@H]2c2ccc(F)cc2F)c(OC)cc1N1CCC(N2CCN(CC3CC3)CC2)CC1. The first-order valence-corrected chi connectivity index (χ1v) is 17.0. The van der Waals surface area contributed by atoms with Crippen molar-refractivity contribution in [1.29, 1.82) is 0 Å². The van der Waals surface area contributed by atoms with Crippen LogP contribution in [0.4, 0.5) is 25.8 Å². The molecule has 3 heterocycles. The number of amidine groups is 1. The fourth-order valence-corrected chi connectivity index (χ4v) is 7.12. The number of aliphatic imine (C=N–C) groups is 1. The van der Waals surface area contributed by atoms with Gasteiger partial charge in [0.1, 0.15) is 28.9 Å². The van der Waals surface area contributed by atoms with E-state index in [1.807, 2.05) is 6.07 Å². The molecule has 0 aromatic heterocycles. The van der Waals surface area contributed by atoms with Crippen LogP contribution in [0.1, 0.15) is 50.6 Å². The van der Waals surface area contributed by atoms with Crippen LogP contribution in [0.3, 0.4) is 0 Å². The summed E-state index contributed by atoms with van der Waals surface area (Å²) in [5.41, 5.74) is 9.23. The summed E-state index contributed by atoms with van der Waals surface area (Å²) >= 11 is 0. The molecular formula is C36H47F2N7O3. The van der Waals surface area contributed by atoms with Crippen molar-refractivity contribution in [3.63, 3.8) is 0 Å². The number of carbonyl (C=O) groups excluding carboxylic acids is 1. The second-order valence-corrected chi connectivity index (χ2v) is 13.2. The molecule has 258 valence electrons. The van der Waals surface area contributed by atoms with Crippen LogP contribution in [0, 0.1) is 17.6 Å². The van der Waals surface area contributed by atoms with Crippen molar-refractivity contribution >= 4 is 28.8 Å². The van der Waals surface area contributed by atoms with E-state index < -0.39 is 17.7 Å². The van der Waals surface area contributed by atoms with Crippen molar-refractivity contribution in [2.75, 3.05) is 69.7 Å². The molecule has 1 saturated carbocycles. The van der Waals surface area contributed by atoms with Gasteiger partial charge in [-0.25, -0.2) is 13.8 Å². The molecule has 2 aromatic carbocycles. The molecule has 0 unspecified atom stereocenters. The van der Waals surface area contributed by atoms with E-state index in [4.69, 9.17) is 15.3 Å². The number of amides is 1. The lowest BCUT2D eigenvalue weighted by Crippen LogP contribution is -2.53. The number of rotatable bonds is 11. The van der Waals surface area contributed by atoms with E-state index in [-0.39, 0.29) is 11.7 Å². The molecule has 48 heavy (non-hydrogen) atoms. The summed E-state index contributed by atoms with van der Waals surface area (Å²) in [5.74, 6) is 0.00499. The number of nitrogens with zero attached hydrogens (tertiary/aromatic N) is 5. The maximum absolute atomic E-state index is 14.6. The Hall–Kier alpha value is -4.00. The number of hydrogen-bond acceptors (Lipinski definition) is 8. The predicted octanol–water partition coefficient (Wildman–Crippen LogP) is 5.37. The van der Waals surface area contributed by atoms with Crippen molar-refractivity contribution in [2.45, 2.75) is 51.1 Å². The Labute approximate surface area is 281 Å². The highest BCUT2D eigenvalue weighted by molar-refractivity contribution is 6.02. The molecular weight excluding hydrogens is 616 g/mol. The van der Waals surface area contributed by atoms with Crippen LogP contribution < -0.4 is 20.7 Å². The molecule has 12 heteroatoms. The average Bonchev–Trinajstić information content (AvgIpc) is 3.76. The second kappa shape index (κ2) is 15.0. The molecule has 3 N–H and O–H groups in total. The molecule has 1 atom stereocenters. The van der Waals surface area contributed by atoms with Gasteiger partial charge < -0.3 is 25.6 Å². The molecule has 3 aliphatic heterocycles. The summed E-state index contributed by atoms with van der Waals surface area (Å²) in [6.45, 7) is 13.3. The van der Waals surface area contributed by atoms with Crippen LogP contribution in [0.15, 0.2) is 59.8 Å². The number of anilines is 2. The standard InChI is InChI=1S/C36H47F2N7O3/c1-4-36(46)41-30-21-31(40-35(39)19-24(2)45-32(11-18-48-45)28-8-7-26(37)20-29(28)38)34(47-3)22-33(30)44-12-9-27(10-13-44)43-16-14-42(15-17-43)23-25-5-6-25/h4,7-8,19-22,25,27,32H,1,5-6,9-18,23H2,2-3H3,(H2,39,40)(H,41,46)/b24-19+/t32-/m1/s1. The molecule has 0 radical (unpaired) electrons. The summed E-state index contributed by atoms with van der Waals surface area (Å²) < 4.78 is 33.9. The molecule has 4 fully saturated rings. The number of hydrogen-bond donors (Lipinski definition) is 2. The first-order chi connectivity index (χ1) is 23.2. The van der Waals surface area contributed by atoms with E-state index in [0.717, 1.165) is 69.8 Å². The summed E-state index contributed by atoms with van der Waals surface area (Å²) in [5, 5.41) is 4.53. The van der Waals surface area contributed by atoms with E-state index in [0.29, 0.717) is 47.5 Å². The van der Waals surface area contributed by atoms with Crippen molar-refractivity contribution in [3.05, 3.63) is 72.0 Å². The highest BCUT2D eigenvalue weighted by Gasteiger charge is 2.32. The Kier molecular flexibility index (Phi) is 10.6. The van der Waals surface area contributed by atoms with E-state index in [2.05, 4.69) is 31.6 Å². The summed E-state index contributed by atoms with van der Waals surface area (Å²) in [6.07, 6.45) is 8.27. The molecule has 1 amide bonds. The predicted molar refractivity (Wildman–Crippen MR) is 184 cm³/mol. The minimum absolute atomic E-state index is 0.159. The zero-order valence-corrected chi connectivity index (χ0v) is 28.0. The smallest absolute Gasteiger partial charge is 0.247 e. The van der Waals surface area contributed by atoms with Crippen LogP contribution in [-0.2, 0) is 9.63 Å². The van der Waals surface area contributed by atoms with Gasteiger partial charge in [0, 0.05) is 87.7 Å². The van der Waals surface area contributed by atoms with Crippen LogP contribution >= 0.6 is 0 Å². The number of ether oxygens (including phenoxy) is 1. The third-order valence-electron chi connectivity index (χ3n) is 9.86. The van der Waals surface area contributed by atoms with Gasteiger partial charge in [0.15, 0.2) is 0 Å². The fraction of sp³-hybridized carbons (Fsp3) is 0.500. The van der Waals surface area contributed by atoms with Gasteiger partial charge >= 0.3 is 0 Å². The fourth-order valence-electron chi connectivity index (χ4n) is 7.12. The molecule has 0 spiro atoms. The lowest BCUT2D eigenvalue weighted by molar-refractivity contribution is -0.111. The second-order valence-electron chi connectivity index (χ2n) is 13.2. The third-order valence-corrected chi connectivity index (χ3v) is 9.86. The van der Waals surface area contributed by atoms with Crippen molar-refractivity contribution in [3.8, 4) is 5.75 Å². The Morgan fingerprint density at radius 2 is 1.83 bits per heavy atom. The Morgan fingerprint density at radius 3 is 2.50 bits per heavy atom. The number of nitrogens with one attached hydrogen (secondary N) is 1. The first kappa shape index (κ1) is 33.9. The van der Waals surface area contributed by atoms with Gasteiger partial charge in [-0.3, -0.25) is 19.6 Å². The molecule has 0 bridgehead atoms. The summed E-state index contributed by atoms with van der Waals surface area (Å²) in [6, 6.07) is 7.32. The zero-order valence-electron chi connectivity index (χ0n) is 28.0. The van der Waals surface area contributed by atoms with Gasteiger partial charge in [0.2, 0.25) is 5.91 Å². The van der Waals surface area contributed by atoms with E-state index in [1.165, 1.54) is 37.6 Å². The highest BCUT2D eigenvalue weighted by Crippen LogP contribution is 2.41. The number of piperidine rings is 1. The lowest BCUT2D eigenvalue weighted by atomic mass is 10.0. The van der Waals surface area contributed by atoms with Crippen molar-refractivity contribution in [1.82, 2.24) is 14.9 Å². The van der Waals surface area contributed by atoms with Gasteiger partial charge in [0.25, 0.3) is 0 Å². The molecule has 10 nitrogen and oxygen atoms in total. The summed E-state index contributed by atoms with van der Waals surface area (Å²) in [7, 11) is 1.58. The van der Waals surface area contributed by atoms with Crippen molar-refractivity contribution < 1.29 is 23.1 Å². The van der Waals surface area contributed by atoms with E-state index in [9.17, 15) is 13.6 Å². The van der Waals surface area contributed by atoms with Gasteiger partial charge in [0.05, 0.1) is 31.1 Å². The number of halogens is 2. The monoisotopic (exact) mass is 663 g/mol. The lowest BCUT2D eigenvalue weighted by Gasteiger charge is -2.43. The van der Waals surface area contributed by atoms with E-state index >= 15 is 0 Å². The number of allylic oxidation sites excluding steroid dienone is 1. The van der Waals surface area contributed by atoms with Crippen molar-refractivity contribution in [2.24, 2.45) is 16.6 Å². The molecule has 2 aromatic rings. The van der Waals surface area contributed by atoms with Gasteiger partial charge in [-0.15, -0.1) is 0 Å². The minimum Gasteiger partial charge on any atom is -0.494 e. The zero-order chi connectivity index (χ0) is 33.8. The topological polar surface area (TPSA) is 98.9 Å². The van der Waals surface area contributed by atoms with Crippen LogP contribution in [0.5, 0.6) is 5.75 Å². The van der Waals surface area contributed by atoms with E-state index in [1.54, 1.807) is 31.2 Å². The Balaban J connectivity index is 1.17. The third kappa shape index (κ3) is 7.99. The van der Waals surface area contributed by atoms with Gasteiger partial charge in [-0.1, -0.05) is 12.6 Å². The number of hydroxylamine groups is 2. The molecule has 6 rings (SSSR count). The van der Waals surface area contributed by atoms with Gasteiger partial charge in [-0.2, -0.15) is 0 Å². The first-order valence-electron chi connectivity index (χ1n) is 17.0.